The molecule has 2 aromatic carbocycles. The van der Waals surface area contributed by atoms with E-state index in [1.54, 1.807) is 18.2 Å². The van der Waals surface area contributed by atoms with Gasteiger partial charge in [0, 0.05) is 13.0 Å². The van der Waals surface area contributed by atoms with Gasteiger partial charge in [0.2, 0.25) is 0 Å². The third kappa shape index (κ3) is 5.93. The largest absolute Gasteiger partial charge is 0.416 e. The Kier molecular flexibility index (Phi) is 7.77. The number of ether oxygens (including phenoxy) is 1. The van der Waals surface area contributed by atoms with Gasteiger partial charge >= 0.3 is 18.0 Å². The molecule has 0 bridgehead atoms. The number of benzene rings is 2. The van der Waals surface area contributed by atoms with Crippen LogP contribution in [0.15, 0.2) is 59.7 Å². The van der Waals surface area contributed by atoms with Crippen LogP contribution in [-0.2, 0) is 33.0 Å². The molecule has 4 rings (SSSR count). The minimum atomic E-state index is -4.97. The van der Waals surface area contributed by atoms with Crippen LogP contribution in [0.25, 0.3) is 0 Å². The van der Waals surface area contributed by atoms with Gasteiger partial charge in [-0.3, -0.25) is 4.57 Å². The Balaban J connectivity index is 1.63. The number of carbonyl (C=O) groups excluding carboxylic acids is 1. The van der Waals surface area contributed by atoms with Crippen molar-refractivity contribution in [3.05, 3.63) is 87.6 Å². The maximum Gasteiger partial charge on any atom is 0.416 e. The van der Waals surface area contributed by atoms with Crippen LogP contribution in [0.1, 0.15) is 54.5 Å². The fraction of sp³-hybridized carbons (Fsp3) is 0.423. The summed E-state index contributed by atoms with van der Waals surface area (Å²) in [7, 11) is 0. The molecule has 39 heavy (non-hydrogen) atoms. The Morgan fingerprint density at radius 3 is 2.18 bits per heavy atom. The molecule has 0 spiro atoms. The lowest BCUT2D eigenvalue weighted by Crippen LogP contribution is -2.60. The number of hydrogen-bond acceptors (Lipinski definition) is 5. The number of H-pyrrole nitrogens is 1. The molecule has 0 aliphatic carbocycles. The molecule has 0 amide bonds. The van der Waals surface area contributed by atoms with Crippen molar-refractivity contribution in [2.24, 2.45) is 0 Å². The molecule has 0 radical (unpaired) electrons. The molecular formula is C26H26F6N4O3. The van der Waals surface area contributed by atoms with Crippen LogP contribution in [0, 0.1) is 0 Å². The number of aromatic nitrogens is 3. The second-order valence-corrected chi connectivity index (χ2v) is 9.72. The molecule has 7 nitrogen and oxygen atoms in total. The molecule has 210 valence electrons. The van der Waals surface area contributed by atoms with Crippen LogP contribution < -0.4 is 11.0 Å². The Hall–Kier alpha value is -3.45. The zero-order chi connectivity index (χ0) is 28.5. The van der Waals surface area contributed by atoms with E-state index in [1.165, 1.54) is 17.8 Å². The highest BCUT2D eigenvalue weighted by molar-refractivity contribution is 5.51. The SMILES string of the molecule is C[C@@H](OC[C@@]1(c2ccccc2)CC[C@](CC=O)(n2cn[nH]c2=O)CN1)c1cc(C(F)(F)F)cc(C(F)(F)F)c1. The van der Waals surface area contributed by atoms with Crippen molar-refractivity contribution in [1.82, 2.24) is 20.1 Å². The monoisotopic (exact) mass is 556 g/mol. The van der Waals surface area contributed by atoms with Crippen molar-refractivity contribution in [3.63, 3.8) is 0 Å². The van der Waals surface area contributed by atoms with Crippen LogP contribution in [0.5, 0.6) is 0 Å². The summed E-state index contributed by atoms with van der Waals surface area (Å²) in [6.45, 7) is 1.44. The zero-order valence-corrected chi connectivity index (χ0v) is 20.8. The molecule has 13 heteroatoms. The average Bonchev–Trinajstić information content (AvgIpc) is 3.34. The molecule has 1 aliphatic heterocycles. The number of aldehydes is 1. The van der Waals surface area contributed by atoms with Crippen LogP contribution >= 0.6 is 0 Å². The van der Waals surface area contributed by atoms with E-state index in [-0.39, 0.29) is 31.2 Å². The van der Waals surface area contributed by atoms with E-state index >= 15 is 0 Å². The van der Waals surface area contributed by atoms with Crippen molar-refractivity contribution < 1.29 is 35.9 Å². The van der Waals surface area contributed by atoms with Gasteiger partial charge in [-0.1, -0.05) is 30.3 Å². The maximum absolute atomic E-state index is 13.4. The van der Waals surface area contributed by atoms with Crippen molar-refractivity contribution in [3.8, 4) is 0 Å². The van der Waals surface area contributed by atoms with E-state index in [4.69, 9.17) is 4.74 Å². The third-order valence-corrected chi connectivity index (χ3v) is 7.29. The van der Waals surface area contributed by atoms with Gasteiger partial charge in [-0.2, -0.15) is 31.4 Å². The molecule has 1 saturated heterocycles. The summed E-state index contributed by atoms with van der Waals surface area (Å²) in [6, 6.07) is 10.4. The summed E-state index contributed by atoms with van der Waals surface area (Å²) < 4.78 is 87.5. The van der Waals surface area contributed by atoms with Gasteiger partial charge in [0.1, 0.15) is 12.6 Å². The van der Waals surface area contributed by atoms with E-state index in [9.17, 15) is 35.9 Å². The van der Waals surface area contributed by atoms with Gasteiger partial charge in [0.25, 0.3) is 0 Å². The summed E-state index contributed by atoms with van der Waals surface area (Å²) in [6.07, 6.45) is -8.34. The minimum absolute atomic E-state index is 0.0199. The van der Waals surface area contributed by atoms with Gasteiger partial charge in [0.15, 0.2) is 0 Å². The number of alkyl halides is 6. The standard InChI is InChI=1S/C26H26F6N4O3/c1-17(18-11-20(25(27,28)29)13-21(12-18)26(30,31)32)39-15-24(19-5-3-2-4-6-19)8-7-23(9-10-37,14-33-24)36-16-34-35-22(36)38/h2-6,10-13,16-17,33H,7-9,14-15H2,1H3,(H,35,38)/t17-,23-,24-/m1/s1. The van der Waals surface area contributed by atoms with Crippen LogP contribution in [0.2, 0.25) is 0 Å². The van der Waals surface area contributed by atoms with Crippen molar-refractivity contribution in [1.29, 1.82) is 0 Å². The van der Waals surface area contributed by atoms with Crippen molar-refractivity contribution >= 4 is 6.29 Å². The van der Waals surface area contributed by atoms with Gasteiger partial charge in [-0.15, -0.1) is 0 Å². The number of rotatable bonds is 8. The highest BCUT2D eigenvalue weighted by Crippen LogP contribution is 2.41. The molecule has 2 N–H and O–H groups in total. The summed E-state index contributed by atoms with van der Waals surface area (Å²) in [5, 5.41) is 9.45. The number of nitrogens with one attached hydrogen (secondary N) is 2. The van der Waals surface area contributed by atoms with E-state index in [1.807, 2.05) is 12.1 Å². The van der Waals surface area contributed by atoms with Crippen LogP contribution in [0.3, 0.4) is 0 Å². The molecule has 1 aliphatic rings. The van der Waals surface area contributed by atoms with E-state index in [0.29, 0.717) is 31.3 Å². The number of halogens is 6. The number of nitrogens with zero attached hydrogens (tertiary/aromatic N) is 2. The van der Waals surface area contributed by atoms with Gasteiger partial charge < -0.3 is 14.8 Å². The summed E-state index contributed by atoms with van der Waals surface area (Å²) >= 11 is 0. The first-order chi connectivity index (χ1) is 18.3. The molecule has 0 unspecified atom stereocenters. The first-order valence-corrected chi connectivity index (χ1v) is 12.1. The Morgan fingerprint density at radius 2 is 1.69 bits per heavy atom. The lowest BCUT2D eigenvalue weighted by molar-refractivity contribution is -0.143. The number of hydrogen-bond donors (Lipinski definition) is 2. The fourth-order valence-electron chi connectivity index (χ4n) is 4.96. The minimum Gasteiger partial charge on any atom is -0.372 e. The molecular weight excluding hydrogens is 530 g/mol. The highest BCUT2D eigenvalue weighted by Gasteiger charge is 2.46. The molecule has 1 aromatic heterocycles. The van der Waals surface area contributed by atoms with Gasteiger partial charge in [-0.25, -0.2) is 9.89 Å². The first-order valence-electron chi connectivity index (χ1n) is 12.1. The third-order valence-electron chi connectivity index (χ3n) is 7.29. The van der Waals surface area contributed by atoms with E-state index < -0.39 is 46.4 Å². The number of carbonyl (C=O) groups is 1. The molecule has 3 atom stereocenters. The summed E-state index contributed by atoms with van der Waals surface area (Å²) in [5.41, 5.74) is -4.63. The van der Waals surface area contributed by atoms with Crippen molar-refractivity contribution in [2.75, 3.05) is 13.2 Å². The van der Waals surface area contributed by atoms with Gasteiger partial charge in [0.05, 0.1) is 34.9 Å². The topological polar surface area (TPSA) is 89.0 Å². The predicted molar refractivity (Wildman–Crippen MR) is 128 cm³/mol. The molecule has 0 saturated carbocycles. The first kappa shape index (κ1) is 28.6. The van der Waals surface area contributed by atoms with Crippen molar-refractivity contribution in [2.45, 2.75) is 55.7 Å². The van der Waals surface area contributed by atoms with Crippen LogP contribution in [-0.4, -0.2) is 34.2 Å². The Morgan fingerprint density at radius 1 is 1.05 bits per heavy atom. The average molecular weight is 557 g/mol. The van der Waals surface area contributed by atoms with Gasteiger partial charge in [-0.05, 0) is 49.1 Å². The lowest BCUT2D eigenvalue weighted by Gasteiger charge is -2.47. The molecule has 3 aromatic rings. The molecule has 1 fully saturated rings. The maximum atomic E-state index is 13.4. The second-order valence-electron chi connectivity index (χ2n) is 9.72. The zero-order valence-electron chi connectivity index (χ0n) is 20.8. The van der Waals surface area contributed by atoms with E-state index in [0.717, 1.165) is 5.56 Å². The van der Waals surface area contributed by atoms with E-state index in [2.05, 4.69) is 15.5 Å². The smallest absolute Gasteiger partial charge is 0.372 e. The highest BCUT2D eigenvalue weighted by atomic mass is 19.4. The number of piperidine rings is 1. The predicted octanol–water partition coefficient (Wildman–Crippen LogP) is 4.95. The summed E-state index contributed by atoms with van der Waals surface area (Å²) in [4.78, 5) is 23.8. The Bertz CT molecular complexity index is 1310. The Labute approximate surface area is 219 Å². The normalized spacial score (nSPS) is 22.9. The quantitative estimate of drug-likeness (QED) is 0.303. The fourth-order valence-corrected chi connectivity index (χ4v) is 4.96. The lowest BCUT2D eigenvalue weighted by atomic mass is 9.75. The van der Waals surface area contributed by atoms with Crippen LogP contribution in [0.4, 0.5) is 26.3 Å². The number of aromatic amines is 1. The second kappa shape index (κ2) is 10.6. The molecule has 2 heterocycles. The summed E-state index contributed by atoms with van der Waals surface area (Å²) in [5.74, 6) is 0.